The standard InChI is InChI=1S/C15H12Cl2O3S/c1-10-3-2-4-12(7-10)21(19,20)9-15(18)13-6-5-11(16)8-14(13)17/h2-8H,9H2,1H3. The van der Waals surface area contributed by atoms with E-state index in [1.54, 1.807) is 19.1 Å². The number of hydrogen-bond acceptors (Lipinski definition) is 3. The number of Topliss-reactive ketones (excluding diaryl/α,β-unsaturated/α-hetero) is 1. The lowest BCUT2D eigenvalue weighted by molar-refractivity contribution is 0.102. The first-order valence-corrected chi connectivity index (χ1v) is 8.48. The predicted molar refractivity (Wildman–Crippen MR) is 84.0 cm³/mol. The Morgan fingerprint density at radius 2 is 1.81 bits per heavy atom. The Balaban J connectivity index is 2.30. The van der Waals surface area contributed by atoms with E-state index in [4.69, 9.17) is 23.2 Å². The van der Waals surface area contributed by atoms with Crippen LogP contribution in [0.25, 0.3) is 0 Å². The summed E-state index contributed by atoms with van der Waals surface area (Å²) in [6.07, 6.45) is 0. The molecule has 110 valence electrons. The van der Waals surface area contributed by atoms with Gasteiger partial charge < -0.3 is 0 Å². The van der Waals surface area contributed by atoms with Crippen molar-refractivity contribution in [1.82, 2.24) is 0 Å². The number of carbonyl (C=O) groups is 1. The lowest BCUT2D eigenvalue weighted by atomic mass is 10.1. The average Bonchev–Trinajstić information content (AvgIpc) is 2.37. The summed E-state index contributed by atoms with van der Waals surface area (Å²) in [5.41, 5.74) is 0.963. The fourth-order valence-electron chi connectivity index (χ4n) is 1.86. The highest BCUT2D eigenvalue weighted by atomic mass is 35.5. The van der Waals surface area contributed by atoms with Crippen LogP contribution < -0.4 is 0 Å². The first-order valence-electron chi connectivity index (χ1n) is 6.07. The minimum Gasteiger partial charge on any atom is -0.293 e. The van der Waals surface area contributed by atoms with Crippen molar-refractivity contribution in [1.29, 1.82) is 0 Å². The van der Waals surface area contributed by atoms with Gasteiger partial charge in [-0.05, 0) is 42.8 Å². The summed E-state index contributed by atoms with van der Waals surface area (Å²) >= 11 is 11.7. The number of hydrogen-bond donors (Lipinski definition) is 0. The van der Waals surface area contributed by atoms with Crippen LogP contribution in [-0.2, 0) is 9.84 Å². The van der Waals surface area contributed by atoms with Crippen molar-refractivity contribution in [3.63, 3.8) is 0 Å². The minimum atomic E-state index is -3.70. The quantitative estimate of drug-likeness (QED) is 0.790. The minimum absolute atomic E-state index is 0.126. The SMILES string of the molecule is Cc1cccc(S(=O)(=O)CC(=O)c2ccc(Cl)cc2Cl)c1. The van der Waals surface area contributed by atoms with Gasteiger partial charge in [0.1, 0.15) is 5.75 Å². The molecule has 0 spiro atoms. The maximum atomic E-state index is 12.3. The molecule has 2 aromatic rings. The highest BCUT2D eigenvalue weighted by molar-refractivity contribution is 7.92. The van der Waals surface area contributed by atoms with Crippen LogP contribution in [0, 0.1) is 6.92 Å². The molecule has 0 aliphatic rings. The summed E-state index contributed by atoms with van der Waals surface area (Å²) in [4.78, 5) is 12.3. The van der Waals surface area contributed by atoms with Gasteiger partial charge in [0.05, 0.1) is 9.92 Å². The fraction of sp³-hybridized carbons (Fsp3) is 0.133. The van der Waals surface area contributed by atoms with Crippen LogP contribution in [0.1, 0.15) is 15.9 Å². The van der Waals surface area contributed by atoms with Gasteiger partial charge in [-0.1, -0.05) is 35.3 Å². The molecule has 0 heterocycles. The van der Waals surface area contributed by atoms with Gasteiger partial charge in [0.2, 0.25) is 0 Å². The van der Waals surface area contributed by atoms with Crippen molar-refractivity contribution in [3.8, 4) is 0 Å². The molecule has 0 aliphatic carbocycles. The predicted octanol–water partition coefficient (Wildman–Crippen LogP) is 3.96. The Morgan fingerprint density at radius 1 is 1.10 bits per heavy atom. The third-order valence-corrected chi connectivity index (χ3v) is 5.06. The van der Waals surface area contributed by atoms with E-state index >= 15 is 0 Å². The zero-order valence-electron chi connectivity index (χ0n) is 11.1. The van der Waals surface area contributed by atoms with Crippen molar-refractivity contribution < 1.29 is 13.2 Å². The monoisotopic (exact) mass is 342 g/mol. The Hall–Kier alpha value is -1.36. The fourth-order valence-corrected chi connectivity index (χ4v) is 3.69. The zero-order chi connectivity index (χ0) is 15.6. The molecule has 2 rings (SSSR count). The molecular weight excluding hydrogens is 331 g/mol. The number of sulfone groups is 1. The Morgan fingerprint density at radius 3 is 2.43 bits per heavy atom. The number of carbonyl (C=O) groups excluding carboxylic acids is 1. The molecule has 2 aromatic carbocycles. The number of aryl methyl sites for hydroxylation is 1. The molecular formula is C15H12Cl2O3S. The summed E-state index contributed by atoms with van der Waals surface area (Å²) in [7, 11) is -3.70. The molecule has 0 fully saturated rings. The lowest BCUT2D eigenvalue weighted by Crippen LogP contribution is -2.17. The molecule has 0 amide bonds. The molecule has 0 unspecified atom stereocenters. The molecule has 21 heavy (non-hydrogen) atoms. The van der Waals surface area contributed by atoms with Gasteiger partial charge in [0.25, 0.3) is 0 Å². The van der Waals surface area contributed by atoms with Crippen LogP contribution in [0.5, 0.6) is 0 Å². The second-order valence-corrected chi connectivity index (χ2v) is 7.46. The molecule has 0 bridgehead atoms. The van der Waals surface area contributed by atoms with Crippen LogP contribution in [0.3, 0.4) is 0 Å². The van der Waals surface area contributed by atoms with Crippen LogP contribution >= 0.6 is 23.2 Å². The molecule has 0 saturated carbocycles. The Labute approximate surface area is 133 Å². The van der Waals surface area contributed by atoms with E-state index in [0.29, 0.717) is 5.02 Å². The molecule has 0 N–H and O–H groups in total. The van der Waals surface area contributed by atoms with Crippen LogP contribution in [0.2, 0.25) is 10.0 Å². The second kappa shape index (κ2) is 6.18. The molecule has 0 radical (unpaired) electrons. The molecule has 6 heteroatoms. The van der Waals surface area contributed by atoms with Gasteiger partial charge in [0, 0.05) is 10.6 Å². The van der Waals surface area contributed by atoms with Crippen molar-refractivity contribution in [2.45, 2.75) is 11.8 Å². The topological polar surface area (TPSA) is 51.2 Å². The third-order valence-electron chi connectivity index (χ3n) is 2.90. The second-order valence-electron chi connectivity index (χ2n) is 4.62. The van der Waals surface area contributed by atoms with E-state index in [2.05, 4.69) is 0 Å². The number of halogens is 2. The summed E-state index contributed by atoms with van der Waals surface area (Å²) < 4.78 is 24.5. The maximum absolute atomic E-state index is 12.3. The number of ketones is 1. The van der Waals surface area contributed by atoms with E-state index in [9.17, 15) is 13.2 Å². The summed E-state index contributed by atoms with van der Waals surface area (Å²) in [5, 5.41) is 0.532. The van der Waals surface area contributed by atoms with E-state index < -0.39 is 21.4 Å². The van der Waals surface area contributed by atoms with Gasteiger partial charge in [-0.2, -0.15) is 0 Å². The Bertz CT molecular complexity index is 798. The number of benzene rings is 2. The van der Waals surface area contributed by atoms with Gasteiger partial charge in [-0.25, -0.2) is 8.42 Å². The van der Waals surface area contributed by atoms with Crippen molar-refractivity contribution in [3.05, 3.63) is 63.6 Å². The molecule has 0 atom stereocenters. The van der Waals surface area contributed by atoms with Crippen molar-refractivity contribution >= 4 is 38.8 Å². The number of rotatable bonds is 4. The van der Waals surface area contributed by atoms with Gasteiger partial charge >= 0.3 is 0 Å². The van der Waals surface area contributed by atoms with E-state index in [0.717, 1.165) is 5.56 Å². The lowest BCUT2D eigenvalue weighted by Gasteiger charge is -2.06. The first kappa shape index (κ1) is 16.0. The molecule has 3 nitrogen and oxygen atoms in total. The molecule has 0 aliphatic heterocycles. The van der Waals surface area contributed by atoms with Gasteiger partial charge in [-0.15, -0.1) is 0 Å². The molecule has 0 aromatic heterocycles. The average molecular weight is 343 g/mol. The van der Waals surface area contributed by atoms with Crippen LogP contribution in [0.4, 0.5) is 0 Å². The molecule has 0 saturated heterocycles. The van der Waals surface area contributed by atoms with Crippen molar-refractivity contribution in [2.24, 2.45) is 0 Å². The zero-order valence-corrected chi connectivity index (χ0v) is 13.5. The maximum Gasteiger partial charge on any atom is 0.185 e. The van der Waals surface area contributed by atoms with E-state index in [1.165, 1.54) is 30.3 Å². The Kier molecular flexibility index (Phi) is 4.71. The first-order chi connectivity index (χ1) is 9.79. The highest BCUT2D eigenvalue weighted by Gasteiger charge is 2.22. The van der Waals surface area contributed by atoms with E-state index in [1.807, 2.05) is 0 Å². The third kappa shape index (κ3) is 3.84. The van der Waals surface area contributed by atoms with Crippen molar-refractivity contribution in [2.75, 3.05) is 5.75 Å². The largest absolute Gasteiger partial charge is 0.293 e. The van der Waals surface area contributed by atoms with Gasteiger partial charge in [-0.3, -0.25) is 4.79 Å². The van der Waals surface area contributed by atoms with Gasteiger partial charge in [0.15, 0.2) is 15.6 Å². The van der Waals surface area contributed by atoms with E-state index in [-0.39, 0.29) is 15.5 Å². The summed E-state index contributed by atoms with van der Waals surface area (Å²) in [5.74, 6) is -1.18. The normalized spacial score (nSPS) is 11.4. The summed E-state index contributed by atoms with van der Waals surface area (Å²) in [6.45, 7) is 1.79. The highest BCUT2D eigenvalue weighted by Crippen LogP contribution is 2.23. The van der Waals surface area contributed by atoms with Crippen LogP contribution in [-0.4, -0.2) is 20.0 Å². The smallest absolute Gasteiger partial charge is 0.185 e. The summed E-state index contributed by atoms with van der Waals surface area (Å²) in [6, 6.07) is 10.8. The van der Waals surface area contributed by atoms with Crippen LogP contribution in [0.15, 0.2) is 47.4 Å².